The van der Waals surface area contributed by atoms with Gasteiger partial charge in [0.15, 0.2) is 0 Å². The molecule has 2 atom stereocenters. The van der Waals surface area contributed by atoms with Crippen LogP contribution in [-0.2, 0) is 17.4 Å². The zero-order valence-corrected chi connectivity index (χ0v) is 18.2. The van der Waals surface area contributed by atoms with Crippen LogP contribution in [0.3, 0.4) is 0 Å². The molecule has 1 saturated carbocycles. The Morgan fingerprint density at radius 1 is 1.00 bits per heavy atom. The minimum absolute atomic E-state index is 0.0689. The van der Waals surface area contributed by atoms with Gasteiger partial charge in [-0.15, -0.1) is 0 Å². The van der Waals surface area contributed by atoms with Crippen LogP contribution in [-0.4, -0.2) is 36.2 Å². The monoisotopic (exact) mass is 360 g/mol. The normalized spacial score (nSPS) is 22.0. The number of nitrogens with zero attached hydrogens (tertiary/aromatic N) is 1. The van der Waals surface area contributed by atoms with Gasteiger partial charge in [0.25, 0.3) is 0 Å². The topological polar surface area (TPSA) is 35.5 Å². The average molecular weight is 361 g/mol. The van der Waals surface area contributed by atoms with Crippen molar-refractivity contribution in [3.05, 3.63) is 28.8 Å². The number of phenolic OH excluding ortho intramolecular Hbond substituents is 1. The molecule has 2 N–H and O–H groups in total. The highest BCUT2D eigenvalue weighted by atomic mass is 16.3. The van der Waals surface area contributed by atoms with Crippen molar-refractivity contribution >= 4 is 0 Å². The summed E-state index contributed by atoms with van der Waals surface area (Å²) in [6.45, 7) is 14.0. The summed E-state index contributed by atoms with van der Waals surface area (Å²) in [5, 5.41) is 14.7. The average Bonchev–Trinajstić information content (AvgIpc) is 2.51. The molecule has 0 aliphatic heterocycles. The minimum atomic E-state index is -0.0723. The van der Waals surface area contributed by atoms with E-state index >= 15 is 0 Å². The summed E-state index contributed by atoms with van der Waals surface area (Å²) >= 11 is 0. The maximum Gasteiger partial charge on any atom is 0.123 e. The standard InChI is InChI=1S/C23H40N2O/c1-22(2,3)17-13-16(21(26)18(14-17)23(4,5)6)15-24-19-11-9-10-12-20(19)25(7)8/h13-14,19-20,24,26H,9-12,15H2,1-8H3/t19-,20-/m1/s1. The highest BCUT2D eigenvalue weighted by Crippen LogP contribution is 2.37. The van der Waals surface area contributed by atoms with Crippen LogP contribution in [0.15, 0.2) is 12.1 Å². The predicted molar refractivity (Wildman–Crippen MR) is 112 cm³/mol. The van der Waals surface area contributed by atoms with E-state index in [1.54, 1.807) is 0 Å². The van der Waals surface area contributed by atoms with Crippen LogP contribution in [0, 0.1) is 0 Å². The van der Waals surface area contributed by atoms with Crippen molar-refractivity contribution in [3.63, 3.8) is 0 Å². The Kier molecular flexibility index (Phi) is 6.45. The van der Waals surface area contributed by atoms with Gasteiger partial charge < -0.3 is 15.3 Å². The van der Waals surface area contributed by atoms with Crippen LogP contribution < -0.4 is 5.32 Å². The molecular formula is C23H40N2O. The summed E-state index contributed by atoms with van der Waals surface area (Å²) in [5.41, 5.74) is 3.38. The van der Waals surface area contributed by atoms with Crippen molar-refractivity contribution in [3.8, 4) is 5.75 Å². The van der Waals surface area contributed by atoms with Gasteiger partial charge in [0.1, 0.15) is 5.75 Å². The lowest BCUT2D eigenvalue weighted by atomic mass is 9.79. The van der Waals surface area contributed by atoms with Crippen molar-refractivity contribution in [1.82, 2.24) is 10.2 Å². The fraction of sp³-hybridized carbons (Fsp3) is 0.739. The van der Waals surface area contributed by atoms with Crippen LogP contribution in [0.2, 0.25) is 0 Å². The van der Waals surface area contributed by atoms with E-state index in [0.29, 0.717) is 17.8 Å². The van der Waals surface area contributed by atoms with Crippen LogP contribution >= 0.6 is 0 Å². The molecule has 1 aliphatic carbocycles. The summed E-state index contributed by atoms with van der Waals surface area (Å²) in [5.74, 6) is 0.468. The summed E-state index contributed by atoms with van der Waals surface area (Å²) in [6.07, 6.45) is 5.09. The highest BCUT2D eigenvalue weighted by molar-refractivity contribution is 5.48. The van der Waals surface area contributed by atoms with Crippen LogP contribution in [0.5, 0.6) is 5.75 Å². The molecule has 1 aromatic carbocycles. The lowest BCUT2D eigenvalue weighted by Crippen LogP contribution is -2.48. The first kappa shape index (κ1) is 21.2. The molecule has 0 bridgehead atoms. The Labute approximate surface area is 161 Å². The van der Waals surface area contributed by atoms with Crippen LogP contribution in [0.4, 0.5) is 0 Å². The maximum absolute atomic E-state index is 11.0. The van der Waals surface area contributed by atoms with Crippen molar-refractivity contribution < 1.29 is 5.11 Å². The number of hydrogen-bond acceptors (Lipinski definition) is 3. The molecule has 1 aliphatic rings. The molecular weight excluding hydrogens is 320 g/mol. The predicted octanol–water partition coefficient (Wildman–Crippen LogP) is 4.95. The van der Waals surface area contributed by atoms with E-state index < -0.39 is 0 Å². The van der Waals surface area contributed by atoms with Gasteiger partial charge in [0.2, 0.25) is 0 Å². The first-order valence-electron chi connectivity index (χ1n) is 10.2. The number of rotatable bonds is 4. The molecule has 3 nitrogen and oxygen atoms in total. The van der Waals surface area contributed by atoms with Gasteiger partial charge >= 0.3 is 0 Å². The lowest BCUT2D eigenvalue weighted by molar-refractivity contribution is 0.175. The number of benzene rings is 1. The first-order chi connectivity index (χ1) is 11.9. The third-order valence-electron chi connectivity index (χ3n) is 5.81. The number of likely N-dealkylation sites (N-methyl/N-ethyl adjacent to an activating group) is 1. The first-order valence-corrected chi connectivity index (χ1v) is 10.2. The van der Waals surface area contributed by atoms with Gasteiger partial charge in [-0.3, -0.25) is 0 Å². The van der Waals surface area contributed by atoms with Gasteiger partial charge in [-0.2, -0.15) is 0 Å². The number of aromatic hydroxyl groups is 1. The quantitative estimate of drug-likeness (QED) is 0.797. The molecule has 1 aromatic rings. The largest absolute Gasteiger partial charge is 0.507 e. The summed E-state index contributed by atoms with van der Waals surface area (Å²) < 4.78 is 0. The second-order valence-electron chi connectivity index (χ2n) is 10.3. The zero-order chi connectivity index (χ0) is 19.7. The SMILES string of the molecule is CN(C)[C@@H]1CCCC[C@H]1NCc1cc(C(C)(C)C)cc(C(C)(C)C)c1O. The van der Waals surface area contributed by atoms with Crippen molar-refractivity contribution in [2.75, 3.05) is 14.1 Å². The summed E-state index contributed by atoms with van der Waals surface area (Å²) in [4.78, 5) is 2.35. The van der Waals surface area contributed by atoms with Crippen molar-refractivity contribution in [2.45, 2.75) is 96.7 Å². The van der Waals surface area contributed by atoms with Gasteiger partial charge in [0.05, 0.1) is 0 Å². The Morgan fingerprint density at radius 3 is 2.15 bits per heavy atom. The molecule has 0 unspecified atom stereocenters. The molecule has 1 fully saturated rings. The number of phenols is 1. The Morgan fingerprint density at radius 2 is 1.62 bits per heavy atom. The minimum Gasteiger partial charge on any atom is -0.507 e. The number of nitrogens with one attached hydrogen (secondary N) is 1. The lowest BCUT2D eigenvalue weighted by Gasteiger charge is -2.37. The third-order valence-corrected chi connectivity index (χ3v) is 5.81. The van der Waals surface area contributed by atoms with E-state index in [1.165, 1.54) is 31.2 Å². The van der Waals surface area contributed by atoms with E-state index in [1.807, 2.05) is 0 Å². The molecule has 3 heteroatoms. The van der Waals surface area contributed by atoms with E-state index in [2.05, 4.69) is 78.0 Å². The molecule has 0 saturated heterocycles. The molecule has 0 spiro atoms. The molecule has 0 radical (unpaired) electrons. The van der Waals surface area contributed by atoms with E-state index in [9.17, 15) is 5.11 Å². The molecule has 26 heavy (non-hydrogen) atoms. The van der Waals surface area contributed by atoms with Crippen LogP contribution in [0.1, 0.15) is 83.9 Å². The zero-order valence-electron chi connectivity index (χ0n) is 18.2. The Bertz CT molecular complexity index is 608. The highest BCUT2D eigenvalue weighted by Gasteiger charge is 2.28. The fourth-order valence-corrected chi connectivity index (χ4v) is 4.04. The van der Waals surface area contributed by atoms with E-state index in [-0.39, 0.29) is 10.8 Å². The summed E-state index contributed by atoms with van der Waals surface area (Å²) in [7, 11) is 4.36. The fourth-order valence-electron chi connectivity index (χ4n) is 4.04. The Balaban J connectivity index is 2.30. The van der Waals surface area contributed by atoms with E-state index in [0.717, 1.165) is 17.7 Å². The van der Waals surface area contributed by atoms with E-state index in [4.69, 9.17) is 0 Å². The van der Waals surface area contributed by atoms with Crippen molar-refractivity contribution in [2.24, 2.45) is 0 Å². The molecule has 0 amide bonds. The third kappa shape index (κ3) is 5.01. The second kappa shape index (κ2) is 7.90. The van der Waals surface area contributed by atoms with Gasteiger partial charge in [-0.25, -0.2) is 0 Å². The smallest absolute Gasteiger partial charge is 0.123 e. The maximum atomic E-state index is 11.0. The van der Waals surface area contributed by atoms with Gasteiger partial charge in [0, 0.05) is 24.2 Å². The van der Waals surface area contributed by atoms with Gasteiger partial charge in [-0.05, 0) is 48.9 Å². The summed E-state index contributed by atoms with van der Waals surface area (Å²) in [6, 6.07) is 5.47. The van der Waals surface area contributed by atoms with Gasteiger partial charge in [-0.1, -0.05) is 66.5 Å². The van der Waals surface area contributed by atoms with Crippen LogP contribution in [0.25, 0.3) is 0 Å². The molecule has 2 rings (SSSR count). The molecule has 0 aromatic heterocycles. The molecule has 148 valence electrons. The second-order valence-corrected chi connectivity index (χ2v) is 10.3. The number of hydrogen-bond donors (Lipinski definition) is 2. The molecule has 0 heterocycles. The van der Waals surface area contributed by atoms with Crippen molar-refractivity contribution in [1.29, 1.82) is 0 Å². The Hall–Kier alpha value is -1.06.